The summed E-state index contributed by atoms with van der Waals surface area (Å²) in [6, 6.07) is 8.73. The van der Waals surface area contributed by atoms with Crippen molar-refractivity contribution >= 4 is 16.0 Å². The van der Waals surface area contributed by atoms with Gasteiger partial charge in [-0.15, -0.1) is 0 Å². The number of nitrogens with one attached hydrogen (secondary N) is 1. The Morgan fingerprint density at radius 1 is 1.29 bits per heavy atom. The van der Waals surface area contributed by atoms with E-state index in [0.29, 0.717) is 23.5 Å². The molecular weight excluding hydrogens is 389 g/mol. The highest BCUT2D eigenvalue weighted by Crippen LogP contribution is 2.41. The lowest BCUT2D eigenvalue weighted by atomic mass is 9.90. The van der Waals surface area contributed by atoms with Gasteiger partial charge in [0.25, 0.3) is 0 Å². The average Bonchev–Trinajstić information content (AvgIpc) is 2.58. The molecule has 1 unspecified atom stereocenters. The van der Waals surface area contributed by atoms with Crippen LogP contribution in [0.1, 0.15) is 31.9 Å². The molecule has 1 aliphatic rings. The number of hydrogen-bond donors (Lipinski definition) is 2. The topological polar surface area (TPSA) is 102 Å². The van der Waals surface area contributed by atoms with Crippen LogP contribution < -0.4 is 14.2 Å². The van der Waals surface area contributed by atoms with Crippen LogP contribution in [-0.4, -0.2) is 31.7 Å². The van der Waals surface area contributed by atoms with Crippen LogP contribution in [0.2, 0.25) is 0 Å². The number of halogens is 1. The molecule has 0 saturated heterocycles. The number of fused-ring (bicyclic) bond motifs is 1. The summed E-state index contributed by atoms with van der Waals surface area (Å²) in [6.07, 6.45) is 0.371. The van der Waals surface area contributed by atoms with Gasteiger partial charge in [-0.05, 0) is 44.2 Å². The maximum Gasteiger partial charge on any atom is 0.341 e. The highest BCUT2D eigenvalue weighted by molar-refractivity contribution is 7.89. The number of benzene rings is 2. The summed E-state index contributed by atoms with van der Waals surface area (Å²) >= 11 is 0. The summed E-state index contributed by atoms with van der Waals surface area (Å²) in [4.78, 5) is 10.6. The zero-order valence-corrected chi connectivity index (χ0v) is 16.1. The van der Waals surface area contributed by atoms with E-state index in [4.69, 9.17) is 14.6 Å². The van der Waals surface area contributed by atoms with Gasteiger partial charge in [0.2, 0.25) is 10.0 Å². The third-order valence-electron chi connectivity index (χ3n) is 4.23. The van der Waals surface area contributed by atoms with Crippen LogP contribution in [0.3, 0.4) is 0 Å². The molecule has 3 rings (SSSR count). The molecule has 1 atom stereocenters. The van der Waals surface area contributed by atoms with Crippen LogP contribution in [0.25, 0.3) is 0 Å². The SMILES string of the molecule is CC1(C)CC(NS(=O)(=O)c2ccc(F)cc2)c2ccc(OCC(=O)O)cc2O1. The molecule has 2 N–H and O–H groups in total. The largest absolute Gasteiger partial charge is 0.487 e. The van der Waals surface area contributed by atoms with Gasteiger partial charge in [0, 0.05) is 18.1 Å². The fraction of sp³-hybridized carbons (Fsp3) is 0.316. The maximum atomic E-state index is 13.1. The lowest BCUT2D eigenvalue weighted by Crippen LogP contribution is -2.41. The summed E-state index contributed by atoms with van der Waals surface area (Å²) < 4.78 is 52.3. The first-order chi connectivity index (χ1) is 13.1. The lowest BCUT2D eigenvalue weighted by Gasteiger charge is -2.37. The van der Waals surface area contributed by atoms with E-state index in [-0.39, 0.29) is 4.90 Å². The number of carboxylic acids is 1. The van der Waals surface area contributed by atoms with Crippen molar-refractivity contribution in [2.75, 3.05) is 6.61 Å². The smallest absolute Gasteiger partial charge is 0.341 e. The van der Waals surface area contributed by atoms with E-state index in [1.165, 1.54) is 12.1 Å². The van der Waals surface area contributed by atoms with Crippen LogP contribution in [0, 0.1) is 5.82 Å². The van der Waals surface area contributed by atoms with Crippen molar-refractivity contribution in [2.45, 2.75) is 36.8 Å². The predicted molar refractivity (Wildman–Crippen MR) is 98.4 cm³/mol. The van der Waals surface area contributed by atoms with Crippen LogP contribution in [0.5, 0.6) is 11.5 Å². The average molecular weight is 409 g/mol. The highest BCUT2D eigenvalue weighted by atomic mass is 32.2. The normalized spacial score (nSPS) is 18.0. The van der Waals surface area contributed by atoms with Crippen LogP contribution in [-0.2, 0) is 14.8 Å². The van der Waals surface area contributed by atoms with E-state index >= 15 is 0 Å². The van der Waals surface area contributed by atoms with Gasteiger partial charge in [-0.25, -0.2) is 22.3 Å². The molecule has 1 aliphatic heterocycles. The van der Waals surface area contributed by atoms with Gasteiger partial charge in [-0.2, -0.15) is 0 Å². The molecule has 0 aliphatic carbocycles. The van der Waals surface area contributed by atoms with Gasteiger partial charge in [0.1, 0.15) is 22.9 Å². The number of ether oxygens (including phenoxy) is 2. The number of sulfonamides is 1. The van der Waals surface area contributed by atoms with Crippen molar-refractivity contribution in [1.29, 1.82) is 0 Å². The fourth-order valence-electron chi connectivity index (χ4n) is 3.04. The van der Waals surface area contributed by atoms with Gasteiger partial charge in [-0.3, -0.25) is 0 Å². The van der Waals surface area contributed by atoms with Gasteiger partial charge < -0.3 is 14.6 Å². The number of hydrogen-bond acceptors (Lipinski definition) is 5. The summed E-state index contributed by atoms with van der Waals surface area (Å²) in [6.45, 7) is 3.14. The van der Waals surface area contributed by atoms with Crippen molar-refractivity contribution in [3.63, 3.8) is 0 Å². The van der Waals surface area contributed by atoms with Crippen LogP contribution in [0.4, 0.5) is 4.39 Å². The van der Waals surface area contributed by atoms with E-state index in [0.717, 1.165) is 12.1 Å². The van der Waals surface area contributed by atoms with Gasteiger partial charge >= 0.3 is 5.97 Å². The molecule has 0 saturated carbocycles. The molecule has 0 radical (unpaired) electrons. The molecule has 2 aromatic carbocycles. The molecular formula is C19H20FNO6S. The first-order valence-corrected chi connectivity index (χ1v) is 9.99. The Hall–Kier alpha value is -2.65. The summed E-state index contributed by atoms with van der Waals surface area (Å²) in [5.41, 5.74) is -0.0679. The van der Waals surface area contributed by atoms with Gasteiger partial charge in [0.05, 0.1) is 10.9 Å². The Morgan fingerprint density at radius 2 is 1.96 bits per heavy atom. The predicted octanol–water partition coefficient (Wildman–Crippen LogP) is 2.87. The molecule has 0 aromatic heterocycles. The van der Waals surface area contributed by atoms with E-state index < -0.39 is 40.1 Å². The van der Waals surface area contributed by atoms with Crippen molar-refractivity contribution in [3.05, 3.63) is 53.8 Å². The second-order valence-corrected chi connectivity index (χ2v) is 8.79. The van der Waals surface area contributed by atoms with Gasteiger partial charge in [-0.1, -0.05) is 6.07 Å². The molecule has 1 heterocycles. The minimum absolute atomic E-state index is 0.0406. The molecule has 28 heavy (non-hydrogen) atoms. The molecule has 9 heteroatoms. The monoisotopic (exact) mass is 409 g/mol. The number of carboxylic acid groups (broad SMARTS) is 1. The van der Waals surface area contributed by atoms with Crippen molar-refractivity contribution in [1.82, 2.24) is 4.72 Å². The van der Waals surface area contributed by atoms with E-state index in [1.54, 1.807) is 18.2 Å². The second-order valence-electron chi connectivity index (χ2n) is 7.08. The quantitative estimate of drug-likeness (QED) is 0.761. The highest BCUT2D eigenvalue weighted by Gasteiger charge is 2.36. The Balaban J connectivity index is 1.90. The Bertz CT molecular complexity index is 988. The third kappa shape index (κ3) is 4.60. The lowest BCUT2D eigenvalue weighted by molar-refractivity contribution is -0.139. The standard InChI is InChI=1S/C19H20FNO6S/c1-19(2)10-16(21-28(24,25)14-6-3-12(20)4-7-14)15-8-5-13(9-17(15)27-19)26-11-18(22)23/h3-9,16,21H,10-11H2,1-2H3,(H,22,23). The van der Waals surface area contributed by atoms with Crippen molar-refractivity contribution in [3.8, 4) is 11.5 Å². The second kappa shape index (κ2) is 7.40. The molecule has 0 bridgehead atoms. The summed E-state index contributed by atoms with van der Waals surface area (Å²) in [5.74, 6) is -0.917. The number of aliphatic carboxylic acids is 1. The molecule has 2 aromatic rings. The third-order valence-corrected chi connectivity index (χ3v) is 5.71. The van der Waals surface area contributed by atoms with Gasteiger partial charge in [0.15, 0.2) is 6.61 Å². The molecule has 0 amide bonds. The zero-order valence-electron chi connectivity index (χ0n) is 15.3. The zero-order chi connectivity index (χ0) is 20.5. The van der Waals surface area contributed by atoms with E-state index in [1.807, 2.05) is 13.8 Å². The van der Waals surface area contributed by atoms with Crippen LogP contribution in [0.15, 0.2) is 47.4 Å². The first-order valence-electron chi connectivity index (χ1n) is 8.51. The Morgan fingerprint density at radius 3 is 2.61 bits per heavy atom. The minimum atomic E-state index is -3.88. The first kappa shape index (κ1) is 20.1. The molecule has 0 fully saturated rings. The van der Waals surface area contributed by atoms with Crippen molar-refractivity contribution in [2.24, 2.45) is 0 Å². The van der Waals surface area contributed by atoms with Crippen LogP contribution >= 0.6 is 0 Å². The molecule has 0 spiro atoms. The molecule has 150 valence electrons. The van der Waals surface area contributed by atoms with E-state index in [2.05, 4.69) is 4.72 Å². The number of carbonyl (C=O) groups is 1. The Labute approximate surface area is 162 Å². The van der Waals surface area contributed by atoms with E-state index in [9.17, 15) is 17.6 Å². The molecule has 7 nitrogen and oxygen atoms in total. The summed E-state index contributed by atoms with van der Waals surface area (Å²) in [5, 5.41) is 8.73. The Kier molecular flexibility index (Phi) is 5.31. The summed E-state index contributed by atoms with van der Waals surface area (Å²) in [7, 11) is -3.88. The minimum Gasteiger partial charge on any atom is -0.487 e. The number of rotatable bonds is 6. The maximum absolute atomic E-state index is 13.1. The fourth-order valence-corrected chi connectivity index (χ4v) is 4.26. The van der Waals surface area contributed by atoms with Crippen molar-refractivity contribution < 1.29 is 32.2 Å².